The van der Waals surface area contributed by atoms with Crippen molar-refractivity contribution in [3.8, 4) is 11.3 Å². The molecule has 0 bridgehead atoms. The Morgan fingerprint density at radius 1 is 1.06 bits per heavy atom. The highest BCUT2D eigenvalue weighted by atomic mass is 16.4. The van der Waals surface area contributed by atoms with Gasteiger partial charge in [0.15, 0.2) is 0 Å². The van der Waals surface area contributed by atoms with Crippen molar-refractivity contribution in [1.29, 1.82) is 0 Å². The summed E-state index contributed by atoms with van der Waals surface area (Å²) in [6, 6.07) is 15.5. The summed E-state index contributed by atoms with van der Waals surface area (Å²) in [5.41, 5.74) is 4.42. The summed E-state index contributed by atoms with van der Waals surface area (Å²) in [6.45, 7) is 1.49. The number of rotatable bonds is 8. The van der Waals surface area contributed by atoms with E-state index in [9.17, 15) is 14.7 Å². The predicted molar refractivity (Wildman–Crippen MR) is 132 cm³/mol. The number of amides is 1. The number of fused-ring (bicyclic) bond motifs is 1. The number of nitrogens with zero attached hydrogens (tertiary/aromatic N) is 2. The molecular weight excluding hydrogens is 414 g/mol. The summed E-state index contributed by atoms with van der Waals surface area (Å²) in [6.07, 6.45) is 5.89. The van der Waals surface area contributed by atoms with E-state index in [1.54, 1.807) is 12.1 Å². The first kappa shape index (κ1) is 23.1. The van der Waals surface area contributed by atoms with E-state index in [2.05, 4.69) is 17.4 Å². The molecule has 0 aliphatic heterocycles. The standard InChI is InChI=1S/C27H33N3O3/c1-29(2)16-15-28-24(31)18-30-23-17-21(27(32)33)13-14-22(23)25(19-9-5-3-6-10-19)26(30)20-11-7-4-8-12-20/h4,7-8,11-14,17,19H,3,5-6,9-10,15-16,18H2,1-2H3,(H,28,31)(H,32,33). The SMILES string of the molecule is CN(C)CCNC(=O)Cn1c(-c2ccccc2)c(C2CCCCC2)c2ccc(C(=O)O)cc21. The van der Waals surface area contributed by atoms with Gasteiger partial charge in [0.25, 0.3) is 0 Å². The van der Waals surface area contributed by atoms with Gasteiger partial charge in [-0.25, -0.2) is 4.79 Å². The van der Waals surface area contributed by atoms with E-state index in [1.807, 2.05) is 47.8 Å². The Morgan fingerprint density at radius 2 is 1.79 bits per heavy atom. The van der Waals surface area contributed by atoms with Gasteiger partial charge in [-0.05, 0) is 56.1 Å². The molecule has 1 amide bonds. The Balaban J connectivity index is 1.87. The number of aromatic nitrogens is 1. The van der Waals surface area contributed by atoms with Crippen molar-refractivity contribution >= 4 is 22.8 Å². The smallest absolute Gasteiger partial charge is 0.335 e. The summed E-state index contributed by atoms with van der Waals surface area (Å²) in [4.78, 5) is 26.7. The maximum absolute atomic E-state index is 13.0. The van der Waals surface area contributed by atoms with Gasteiger partial charge in [-0.15, -0.1) is 0 Å². The molecule has 1 aliphatic rings. The first-order valence-electron chi connectivity index (χ1n) is 11.8. The fourth-order valence-corrected chi connectivity index (χ4v) is 5.00. The second-order valence-corrected chi connectivity index (χ2v) is 9.24. The lowest BCUT2D eigenvalue weighted by atomic mass is 9.82. The fourth-order valence-electron chi connectivity index (χ4n) is 5.00. The molecule has 0 atom stereocenters. The Bertz CT molecular complexity index is 1130. The molecule has 1 heterocycles. The highest BCUT2D eigenvalue weighted by Gasteiger charge is 2.27. The molecule has 4 rings (SSSR count). The van der Waals surface area contributed by atoms with Gasteiger partial charge < -0.3 is 19.9 Å². The largest absolute Gasteiger partial charge is 0.478 e. The van der Waals surface area contributed by atoms with Crippen LogP contribution in [0.25, 0.3) is 22.2 Å². The third kappa shape index (κ3) is 5.11. The third-order valence-electron chi connectivity index (χ3n) is 6.59. The Kier molecular flexibility index (Phi) is 7.14. The van der Waals surface area contributed by atoms with Crippen LogP contribution in [0.3, 0.4) is 0 Å². The number of carbonyl (C=O) groups is 2. The summed E-state index contributed by atoms with van der Waals surface area (Å²) >= 11 is 0. The molecule has 2 aromatic carbocycles. The average Bonchev–Trinajstić information content (AvgIpc) is 3.13. The van der Waals surface area contributed by atoms with Crippen molar-refractivity contribution < 1.29 is 14.7 Å². The van der Waals surface area contributed by atoms with Crippen LogP contribution >= 0.6 is 0 Å². The summed E-state index contributed by atoms with van der Waals surface area (Å²) in [5.74, 6) is -0.618. The van der Waals surface area contributed by atoms with Crippen LogP contribution in [0.5, 0.6) is 0 Å². The van der Waals surface area contributed by atoms with E-state index in [0.717, 1.165) is 41.5 Å². The van der Waals surface area contributed by atoms with Crippen LogP contribution in [0, 0.1) is 0 Å². The summed E-state index contributed by atoms with van der Waals surface area (Å²) in [7, 11) is 3.95. The van der Waals surface area contributed by atoms with Crippen molar-refractivity contribution in [3.63, 3.8) is 0 Å². The Morgan fingerprint density at radius 3 is 2.45 bits per heavy atom. The van der Waals surface area contributed by atoms with Gasteiger partial charge in [0.1, 0.15) is 6.54 Å². The lowest BCUT2D eigenvalue weighted by Crippen LogP contribution is -2.33. The Labute approximate surface area is 195 Å². The maximum Gasteiger partial charge on any atom is 0.335 e. The van der Waals surface area contributed by atoms with Gasteiger partial charge in [-0.3, -0.25) is 4.79 Å². The van der Waals surface area contributed by atoms with E-state index in [1.165, 1.54) is 24.8 Å². The van der Waals surface area contributed by atoms with E-state index in [-0.39, 0.29) is 18.0 Å². The first-order valence-corrected chi connectivity index (χ1v) is 11.8. The zero-order chi connectivity index (χ0) is 23.4. The second kappa shape index (κ2) is 10.2. The first-order chi connectivity index (χ1) is 16.0. The van der Waals surface area contributed by atoms with Crippen LogP contribution in [0.15, 0.2) is 48.5 Å². The normalized spacial score (nSPS) is 14.6. The van der Waals surface area contributed by atoms with Crippen LogP contribution < -0.4 is 5.32 Å². The van der Waals surface area contributed by atoms with Crippen molar-refractivity contribution in [2.24, 2.45) is 0 Å². The van der Waals surface area contributed by atoms with Gasteiger partial charge in [0.2, 0.25) is 5.91 Å². The number of carboxylic acids is 1. The van der Waals surface area contributed by atoms with Crippen LogP contribution in [-0.4, -0.2) is 53.6 Å². The molecule has 3 aromatic rings. The number of hydrogen-bond donors (Lipinski definition) is 2. The molecule has 0 spiro atoms. The molecule has 174 valence electrons. The molecule has 0 unspecified atom stereocenters. The quantitative estimate of drug-likeness (QED) is 0.523. The molecule has 6 nitrogen and oxygen atoms in total. The molecule has 6 heteroatoms. The number of carbonyl (C=O) groups excluding carboxylic acids is 1. The van der Waals surface area contributed by atoms with Crippen LogP contribution in [0.4, 0.5) is 0 Å². The zero-order valence-electron chi connectivity index (χ0n) is 19.5. The number of nitrogens with one attached hydrogen (secondary N) is 1. The monoisotopic (exact) mass is 447 g/mol. The number of benzene rings is 2. The molecule has 2 N–H and O–H groups in total. The zero-order valence-corrected chi connectivity index (χ0v) is 19.5. The predicted octanol–water partition coefficient (Wildman–Crippen LogP) is 4.73. The van der Waals surface area contributed by atoms with E-state index >= 15 is 0 Å². The highest BCUT2D eigenvalue weighted by Crippen LogP contribution is 2.44. The van der Waals surface area contributed by atoms with Gasteiger partial charge >= 0.3 is 5.97 Å². The lowest BCUT2D eigenvalue weighted by Gasteiger charge is -2.23. The van der Waals surface area contributed by atoms with Gasteiger partial charge in [0.05, 0.1) is 16.8 Å². The minimum Gasteiger partial charge on any atom is -0.478 e. The minimum atomic E-state index is -0.958. The molecular formula is C27H33N3O3. The molecule has 1 aromatic heterocycles. The number of aromatic carboxylic acids is 1. The highest BCUT2D eigenvalue weighted by molar-refractivity contribution is 5.99. The number of carboxylic acid groups (broad SMARTS) is 1. The molecule has 1 saturated carbocycles. The van der Waals surface area contributed by atoms with Crippen molar-refractivity contribution in [2.45, 2.75) is 44.6 Å². The average molecular weight is 448 g/mol. The molecule has 1 aliphatic carbocycles. The fraction of sp³-hybridized carbons (Fsp3) is 0.407. The van der Waals surface area contributed by atoms with Crippen LogP contribution in [-0.2, 0) is 11.3 Å². The third-order valence-corrected chi connectivity index (χ3v) is 6.59. The van der Waals surface area contributed by atoms with E-state index in [4.69, 9.17) is 0 Å². The Hall–Kier alpha value is -3.12. The molecule has 33 heavy (non-hydrogen) atoms. The lowest BCUT2D eigenvalue weighted by molar-refractivity contribution is -0.121. The van der Waals surface area contributed by atoms with Gasteiger partial charge in [-0.2, -0.15) is 0 Å². The van der Waals surface area contributed by atoms with Crippen molar-refractivity contribution in [3.05, 3.63) is 59.7 Å². The number of hydrogen-bond acceptors (Lipinski definition) is 3. The molecule has 1 fully saturated rings. The number of likely N-dealkylation sites (N-methyl/N-ethyl adjacent to an activating group) is 1. The van der Waals surface area contributed by atoms with Crippen molar-refractivity contribution in [2.75, 3.05) is 27.2 Å². The van der Waals surface area contributed by atoms with Crippen LogP contribution in [0.1, 0.15) is 53.9 Å². The summed E-state index contributed by atoms with van der Waals surface area (Å²) in [5, 5.41) is 13.7. The van der Waals surface area contributed by atoms with E-state index < -0.39 is 5.97 Å². The topological polar surface area (TPSA) is 74.6 Å². The van der Waals surface area contributed by atoms with Crippen LogP contribution in [0.2, 0.25) is 0 Å². The maximum atomic E-state index is 13.0. The van der Waals surface area contributed by atoms with Gasteiger partial charge in [-0.1, -0.05) is 55.7 Å². The molecule has 0 radical (unpaired) electrons. The second-order valence-electron chi connectivity index (χ2n) is 9.24. The minimum absolute atomic E-state index is 0.0677. The van der Waals surface area contributed by atoms with E-state index in [0.29, 0.717) is 12.5 Å². The summed E-state index contributed by atoms with van der Waals surface area (Å²) < 4.78 is 2.03. The van der Waals surface area contributed by atoms with Crippen molar-refractivity contribution in [1.82, 2.24) is 14.8 Å². The molecule has 0 saturated heterocycles. The van der Waals surface area contributed by atoms with Gasteiger partial charge in [0, 0.05) is 18.5 Å².